The number of rotatable bonds is 5. The zero-order valence-electron chi connectivity index (χ0n) is 13.0. The topological polar surface area (TPSA) is 36.9 Å². The predicted molar refractivity (Wildman–Crippen MR) is 106 cm³/mol. The summed E-state index contributed by atoms with van der Waals surface area (Å²) in [6.45, 7) is 3.31. The summed E-state index contributed by atoms with van der Waals surface area (Å²) in [4.78, 5) is 7.68. The lowest BCUT2D eigenvalue weighted by Crippen LogP contribution is -2.38. The molecule has 1 aliphatic heterocycles. The summed E-state index contributed by atoms with van der Waals surface area (Å²) in [5, 5.41) is 3.41. The highest BCUT2D eigenvalue weighted by atomic mass is 127. The molecule has 7 heteroatoms. The van der Waals surface area contributed by atoms with Crippen LogP contribution in [0.15, 0.2) is 28.8 Å². The van der Waals surface area contributed by atoms with Crippen molar-refractivity contribution in [3.63, 3.8) is 0 Å². The molecule has 2 heterocycles. The van der Waals surface area contributed by atoms with Crippen LogP contribution in [0.4, 0.5) is 0 Å². The third-order valence-corrected chi connectivity index (χ3v) is 4.60. The van der Waals surface area contributed by atoms with Crippen LogP contribution in [0.25, 0.3) is 0 Å². The first-order valence-electron chi connectivity index (χ1n) is 7.10. The molecule has 4 nitrogen and oxygen atoms in total. The molecule has 0 bridgehead atoms. The van der Waals surface area contributed by atoms with Crippen molar-refractivity contribution in [1.29, 1.82) is 0 Å². The molecular weight excluding hydrogens is 433 g/mol. The van der Waals surface area contributed by atoms with Crippen LogP contribution in [0.5, 0.6) is 0 Å². The Hall–Kier alpha value is -0.310. The molecule has 0 unspecified atom stereocenters. The number of ether oxygens (including phenoxy) is 1. The van der Waals surface area contributed by atoms with E-state index in [0.29, 0.717) is 0 Å². The Bertz CT molecular complexity index is 519. The quantitative estimate of drug-likeness (QED) is 0.318. The molecule has 0 aromatic carbocycles. The summed E-state index contributed by atoms with van der Waals surface area (Å²) >= 11 is 7.57. The number of hydrogen-bond donors (Lipinski definition) is 1. The van der Waals surface area contributed by atoms with Crippen molar-refractivity contribution in [3.8, 4) is 0 Å². The fraction of sp³-hybridized carbons (Fsp3) is 0.533. The lowest BCUT2D eigenvalue weighted by atomic mass is 10.1. The number of nitrogens with zero attached hydrogens (tertiary/aromatic N) is 2. The van der Waals surface area contributed by atoms with E-state index in [1.165, 1.54) is 10.5 Å². The average molecular weight is 456 g/mol. The highest BCUT2D eigenvalue weighted by molar-refractivity contribution is 14.0. The van der Waals surface area contributed by atoms with Gasteiger partial charge in [0.05, 0.1) is 24.1 Å². The first-order valence-corrected chi connectivity index (χ1v) is 8.30. The number of nitrogens with one attached hydrogen (secondary N) is 1. The third-order valence-electron chi connectivity index (χ3n) is 3.38. The normalized spacial score (nSPS) is 15.0. The van der Waals surface area contributed by atoms with Crippen LogP contribution < -0.4 is 5.32 Å². The monoisotopic (exact) mass is 455 g/mol. The Morgan fingerprint density at radius 1 is 1.50 bits per heavy atom. The highest BCUT2D eigenvalue weighted by Gasteiger charge is 2.09. The van der Waals surface area contributed by atoms with Gasteiger partial charge in [0.15, 0.2) is 5.96 Å². The summed E-state index contributed by atoms with van der Waals surface area (Å²) in [7, 11) is 3.85. The lowest BCUT2D eigenvalue weighted by molar-refractivity contribution is 0.153. The van der Waals surface area contributed by atoms with Crippen molar-refractivity contribution in [2.24, 2.45) is 4.99 Å². The fourth-order valence-corrected chi connectivity index (χ4v) is 3.40. The lowest BCUT2D eigenvalue weighted by Gasteiger charge is -2.22. The Labute approximate surface area is 158 Å². The van der Waals surface area contributed by atoms with E-state index < -0.39 is 0 Å². The van der Waals surface area contributed by atoms with Crippen molar-refractivity contribution in [2.75, 3.05) is 33.9 Å². The van der Waals surface area contributed by atoms with Gasteiger partial charge in [-0.3, -0.25) is 4.99 Å². The van der Waals surface area contributed by atoms with Crippen LogP contribution in [0.1, 0.15) is 17.7 Å². The SMILES string of the molecule is CN=C(NCCC1=CCOCC1)N(C)Cc1ccc(Cl)s1.I. The number of halogens is 2. The standard InChI is InChI=1S/C15H22ClN3OS.HI/c1-17-15(18-8-5-12-6-9-20-10-7-12)19(2)11-13-3-4-14(16)21-13;/h3-4,6H,5,7-11H2,1-2H3,(H,17,18);1H. The van der Waals surface area contributed by atoms with E-state index in [-0.39, 0.29) is 24.0 Å². The predicted octanol–water partition coefficient (Wildman–Crippen LogP) is 3.76. The second-order valence-corrected chi connectivity index (χ2v) is 6.77. The van der Waals surface area contributed by atoms with Gasteiger partial charge in [-0.2, -0.15) is 0 Å². The first-order chi connectivity index (χ1) is 10.2. The number of hydrogen-bond acceptors (Lipinski definition) is 3. The first kappa shape index (κ1) is 19.7. The van der Waals surface area contributed by atoms with Crippen LogP contribution in [-0.4, -0.2) is 44.7 Å². The van der Waals surface area contributed by atoms with Gasteiger partial charge in [0.1, 0.15) is 0 Å². The minimum absolute atomic E-state index is 0. The molecular formula is C15H23ClIN3OS. The largest absolute Gasteiger partial charge is 0.377 e. The van der Waals surface area contributed by atoms with Crippen LogP contribution in [0, 0.1) is 0 Å². The Balaban J connectivity index is 0.00000242. The molecule has 0 atom stereocenters. The Morgan fingerprint density at radius 2 is 2.32 bits per heavy atom. The van der Waals surface area contributed by atoms with Crippen molar-refractivity contribution in [3.05, 3.63) is 33.0 Å². The van der Waals surface area contributed by atoms with Gasteiger partial charge in [-0.15, -0.1) is 35.3 Å². The summed E-state index contributed by atoms with van der Waals surface area (Å²) in [6, 6.07) is 3.99. The van der Waals surface area contributed by atoms with Gasteiger partial charge in [-0.25, -0.2) is 0 Å². The second-order valence-electron chi connectivity index (χ2n) is 4.97. The smallest absolute Gasteiger partial charge is 0.193 e. The maximum atomic E-state index is 5.96. The zero-order chi connectivity index (χ0) is 15.1. The molecule has 0 saturated heterocycles. The average Bonchev–Trinajstić information content (AvgIpc) is 2.89. The molecule has 1 aromatic heterocycles. The van der Waals surface area contributed by atoms with Gasteiger partial charge in [0.2, 0.25) is 0 Å². The molecule has 1 aliphatic rings. The highest BCUT2D eigenvalue weighted by Crippen LogP contribution is 2.22. The summed E-state index contributed by atoms with van der Waals surface area (Å²) < 4.78 is 6.14. The second kappa shape index (κ2) is 10.5. The van der Waals surface area contributed by atoms with Crippen LogP contribution in [0.2, 0.25) is 4.34 Å². The Morgan fingerprint density at radius 3 is 2.91 bits per heavy atom. The summed E-state index contributed by atoms with van der Waals surface area (Å²) in [5.41, 5.74) is 1.47. The molecule has 0 saturated carbocycles. The third kappa shape index (κ3) is 6.44. The van der Waals surface area contributed by atoms with E-state index in [4.69, 9.17) is 16.3 Å². The molecule has 1 aromatic rings. The van der Waals surface area contributed by atoms with Crippen LogP contribution in [-0.2, 0) is 11.3 Å². The molecule has 1 N–H and O–H groups in total. The van der Waals surface area contributed by atoms with E-state index in [2.05, 4.69) is 27.4 Å². The molecule has 124 valence electrons. The van der Waals surface area contributed by atoms with Gasteiger partial charge in [0.25, 0.3) is 0 Å². The van der Waals surface area contributed by atoms with Gasteiger partial charge >= 0.3 is 0 Å². The molecule has 2 rings (SSSR count). The molecule has 0 amide bonds. The van der Waals surface area contributed by atoms with E-state index in [0.717, 1.165) is 49.4 Å². The molecule has 0 aliphatic carbocycles. The van der Waals surface area contributed by atoms with Gasteiger partial charge in [-0.05, 0) is 25.0 Å². The van der Waals surface area contributed by atoms with E-state index in [9.17, 15) is 0 Å². The van der Waals surface area contributed by atoms with Gasteiger partial charge < -0.3 is 15.0 Å². The van der Waals surface area contributed by atoms with Crippen molar-refractivity contribution in [1.82, 2.24) is 10.2 Å². The molecule has 0 radical (unpaired) electrons. The number of guanidine groups is 1. The number of thiophene rings is 1. The van der Waals surface area contributed by atoms with Crippen LogP contribution >= 0.6 is 46.9 Å². The van der Waals surface area contributed by atoms with Crippen molar-refractivity contribution < 1.29 is 4.74 Å². The van der Waals surface area contributed by atoms with Crippen molar-refractivity contribution in [2.45, 2.75) is 19.4 Å². The van der Waals surface area contributed by atoms with Crippen molar-refractivity contribution >= 4 is 52.9 Å². The molecule has 0 spiro atoms. The van der Waals surface area contributed by atoms with E-state index >= 15 is 0 Å². The maximum Gasteiger partial charge on any atom is 0.193 e. The zero-order valence-corrected chi connectivity index (χ0v) is 16.9. The maximum absolute atomic E-state index is 5.96. The van der Waals surface area contributed by atoms with Crippen LogP contribution in [0.3, 0.4) is 0 Å². The minimum Gasteiger partial charge on any atom is -0.377 e. The molecule has 22 heavy (non-hydrogen) atoms. The Kier molecular flexibility index (Phi) is 9.39. The fourth-order valence-electron chi connectivity index (χ4n) is 2.26. The number of aliphatic imine (C=N–C) groups is 1. The van der Waals surface area contributed by atoms with E-state index in [1.54, 1.807) is 11.3 Å². The van der Waals surface area contributed by atoms with E-state index in [1.807, 2.05) is 20.2 Å². The van der Waals surface area contributed by atoms with Gasteiger partial charge in [-0.1, -0.05) is 23.3 Å². The summed E-state index contributed by atoms with van der Waals surface area (Å²) in [6.07, 6.45) is 4.27. The summed E-state index contributed by atoms with van der Waals surface area (Å²) in [5.74, 6) is 0.909. The minimum atomic E-state index is 0. The van der Waals surface area contributed by atoms with Gasteiger partial charge in [0, 0.05) is 25.5 Å². The molecule has 0 fully saturated rings.